The number of ether oxygens (including phenoxy) is 1. The summed E-state index contributed by atoms with van der Waals surface area (Å²) in [5.41, 5.74) is 1.49. The van der Waals surface area contributed by atoms with E-state index in [1.165, 1.54) is 27.2 Å². The van der Waals surface area contributed by atoms with Crippen molar-refractivity contribution in [2.75, 3.05) is 13.1 Å². The van der Waals surface area contributed by atoms with Gasteiger partial charge in [0.1, 0.15) is 11.9 Å². The number of fused-ring (bicyclic) bond motifs is 2. The summed E-state index contributed by atoms with van der Waals surface area (Å²) in [5, 5.41) is 9.34. The zero-order chi connectivity index (χ0) is 26.1. The van der Waals surface area contributed by atoms with E-state index in [-0.39, 0.29) is 48.0 Å². The van der Waals surface area contributed by atoms with Crippen molar-refractivity contribution in [3.05, 3.63) is 41.3 Å². The molecule has 3 fully saturated rings. The van der Waals surface area contributed by atoms with Gasteiger partial charge >= 0.3 is 6.09 Å². The maximum Gasteiger partial charge on any atom is 0.407 e. The van der Waals surface area contributed by atoms with Crippen LogP contribution in [-0.2, 0) is 16.1 Å². The third kappa shape index (κ3) is 3.92. The van der Waals surface area contributed by atoms with Gasteiger partial charge in [-0.25, -0.2) is 14.2 Å². The summed E-state index contributed by atoms with van der Waals surface area (Å²) in [6, 6.07) is 4.94. The molecule has 1 saturated carbocycles. The van der Waals surface area contributed by atoms with Crippen LogP contribution in [0.15, 0.2) is 30.6 Å². The molecule has 3 aliphatic rings. The molecule has 2 saturated heterocycles. The average Bonchev–Trinajstić information content (AvgIpc) is 3.11. The lowest BCUT2D eigenvalue weighted by Gasteiger charge is -2.31. The molecule has 3 amide bonds. The van der Waals surface area contributed by atoms with E-state index in [9.17, 15) is 23.9 Å². The van der Waals surface area contributed by atoms with E-state index in [0.29, 0.717) is 36.0 Å². The van der Waals surface area contributed by atoms with Crippen molar-refractivity contribution >= 4 is 39.5 Å². The van der Waals surface area contributed by atoms with E-state index < -0.39 is 18.0 Å². The van der Waals surface area contributed by atoms with Gasteiger partial charge in [0.05, 0.1) is 41.3 Å². The molecule has 2 unspecified atom stereocenters. The third-order valence-corrected chi connectivity index (χ3v) is 8.85. The number of aromatic nitrogens is 2. The van der Waals surface area contributed by atoms with E-state index in [2.05, 4.69) is 9.97 Å². The van der Waals surface area contributed by atoms with Gasteiger partial charge in [0.25, 0.3) is 0 Å². The highest BCUT2D eigenvalue weighted by molar-refractivity contribution is 7.19. The highest BCUT2D eigenvalue weighted by Gasteiger charge is 2.72. The number of hydrogen-bond donors (Lipinski definition) is 1. The first-order valence-electron chi connectivity index (χ1n) is 12.2. The molecule has 2 aliphatic heterocycles. The lowest BCUT2D eigenvalue weighted by atomic mass is 10.1. The number of hydrogen-bond acceptors (Lipinski definition) is 7. The quantitative estimate of drug-likeness (QED) is 0.499. The van der Waals surface area contributed by atoms with Gasteiger partial charge in [0.15, 0.2) is 0 Å². The SMILES string of the molecule is CC1(C)C2C(=O)N(Cc3cc4nccc(-c5cc(F)cnc5O[C@H]5CCCN(C(=O)O)C5)c4s3)C(=O)C21. The van der Waals surface area contributed by atoms with Gasteiger partial charge in [0, 0.05) is 28.7 Å². The Kier molecular flexibility index (Phi) is 5.45. The number of carboxylic acid groups (broad SMARTS) is 1. The predicted octanol–water partition coefficient (Wildman–Crippen LogP) is 4.16. The fourth-order valence-electron chi connectivity index (χ4n) is 5.67. The van der Waals surface area contributed by atoms with Crippen LogP contribution in [0.3, 0.4) is 0 Å². The number of halogens is 1. The average molecular weight is 525 g/mol. The number of piperidine rings is 2. The Bertz CT molecular complexity index is 1430. The zero-order valence-corrected chi connectivity index (χ0v) is 21.1. The van der Waals surface area contributed by atoms with Crippen LogP contribution < -0.4 is 4.74 Å². The molecule has 11 heteroatoms. The minimum Gasteiger partial charge on any atom is -0.472 e. The van der Waals surface area contributed by atoms with E-state index in [4.69, 9.17) is 4.74 Å². The Labute approximate surface area is 215 Å². The second kappa shape index (κ2) is 8.47. The molecule has 3 aromatic rings. The van der Waals surface area contributed by atoms with Gasteiger partial charge in [0.2, 0.25) is 17.7 Å². The number of likely N-dealkylation sites (tertiary alicyclic amines) is 2. The van der Waals surface area contributed by atoms with Crippen molar-refractivity contribution < 1.29 is 28.6 Å². The zero-order valence-electron chi connectivity index (χ0n) is 20.3. The van der Waals surface area contributed by atoms with Crippen LogP contribution in [0, 0.1) is 23.1 Å². The summed E-state index contributed by atoms with van der Waals surface area (Å²) in [6.07, 6.45) is 2.60. The molecule has 0 spiro atoms. The van der Waals surface area contributed by atoms with Crippen LogP contribution in [0.25, 0.3) is 21.3 Å². The van der Waals surface area contributed by atoms with Crippen molar-refractivity contribution in [1.82, 2.24) is 19.8 Å². The number of carbonyl (C=O) groups excluding carboxylic acids is 2. The van der Waals surface area contributed by atoms with Gasteiger partial charge in [-0.2, -0.15) is 0 Å². The Balaban J connectivity index is 1.30. The first kappa shape index (κ1) is 23.8. The molecule has 3 atom stereocenters. The Morgan fingerprint density at radius 1 is 1.22 bits per heavy atom. The smallest absolute Gasteiger partial charge is 0.407 e. The first-order valence-corrected chi connectivity index (χ1v) is 13.0. The summed E-state index contributed by atoms with van der Waals surface area (Å²) < 4.78 is 21.2. The largest absolute Gasteiger partial charge is 0.472 e. The van der Waals surface area contributed by atoms with Crippen molar-refractivity contribution in [3.8, 4) is 17.0 Å². The second-order valence-electron chi connectivity index (χ2n) is 10.4. The van der Waals surface area contributed by atoms with Crippen molar-refractivity contribution in [3.63, 3.8) is 0 Å². The number of imide groups is 1. The van der Waals surface area contributed by atoms with Crippen LogP contribution in [0.4, 0.5) is 9.18 Å². The van der Waals surface area contributed by atoms with Crippen molar-refractivity contribution in [1.29, 1.82) is 0 Å². The van der Waals surface area contributed by atoms with E-state index >= 15 is 0 Å². The van der Waals surface area contributed by atoms with E-state index in [1.54, 1.807) is 12.3 Å². The number of carbonyl (C=O) groups is 3. The Hall–Kier alpha value is -3.60. The van der Waals surface area contributed by atoms with Crippen LogP contribution in [0.1, 0.15) is 31.6 Å². The van der Waals surface area contributed by atoms with Crippen molar-refractivity contribution in [2.45, 2.75) is 39.3 Å². The molecule has 6 rings (SSSR count). The van der Waals surface area contributed by atoms with Gasteiger partial charge in [-0.1, -0.05) is 13.8 Å². The molecule has 9 nitrogen and oxygen atoms in total. The minimum absolute atomic E-state index is 0.126. The molecule has 0 aromatic carbocycles. The lowest BCUT2D eigenvalue weighted by molar-refractivity contribution is -0.143. The molecular formula is C26H25FN4O5S. The van der Waals surface area contributed by atoms with Gasteiger partial charge < -0.3 is 14.7 Å². The van der Waals surface area contributed by atoms with Gasteiger partial charge in [-0.15, -0.1) is 11.3 Å². The molecule has 0 radical (unpaired) electrons. The highest BCUT2D eigenvalue weighted by atomic mass is 32.1. The predicted molar refractivity (Wildman–Crippen MR) is 132 cm³/mol. The van der Waals surface area contributed by atoms with E-state index in [1.807, 2.05) is 19.9 Å². The summed E-state index contributed by atoms with van der Waals surface area (Å²) in [7, 11) is 0. The highest BCUT2D eigenvalue weighted by Crippen LogP contribution is 2.63. The molecule has 5 heterocycles. The number of amides is 3. The van der Waals surface area contributed by atoms with E-state index in [0.717, 1.165) is 15.8 Å². The fourth-order valence-corrected chi connectivity index (χ4v) is 6.80. The molecular weight excluding hydrogens is 499 g/mol. The summed E-state index contributed by atoms with van der Waals surface area (Å²) in [4.78, 5) is 49.1. The van der Waals surface area contributed by atoms with Crippen LogP contribution in [-0.4, -0.2) is 62.0 Å². The Morgan fingerprint density at radius 2 is 1.97 bits per heavy atom. The standard InChI is InChI=1S/C26H25FN4O5S/c1-26(2)19-20(26)24(33)31(23(19)32)12-15-9-18-21(37-15)16(5-6-28-18)17-8-13(27)10-29-22(17)36-14-4-3-7-30(11-14)25(34)35/h5-6,8-10,14,19-20H,3-4,7,11-12H2,1-2H3,(H,34,35)/t14-,19?,20?/m0/s1. The molecule has 1 aliphatic carbocycles. The maximum absolute atomic E-state index is 14.3. The molecule has 192 valence electrons. The number of thiophene rings is 1. The summed E-state index contributed by atoms with van der Waals surface area (Å²) >= 11 is 1.39. The van der Waals surface area contributed by atoms with Crippen LogP contribution in [0.5, 0.6) is 5.88 Å². The molecule has 37 heavy (non-hydrogen) atoms. The monoisotopic (exact) mass is 524 g/mol. The fraction of sp³-hybridized carbons (Fsp3) is 0.423. The summed E-state index contributed by atoms with van der Waals surface area (Å²) in [6.45, 7) is 4.73. The number of nitrogens with zero attached hydrogens (tertiary/aromatic N) is 4. The van der Waals surface area contributed by atoms with Gasteiger partial charge in [-0.3, -0.25) is 19.5 Å². The number of rotatable bonds is 5. The van der Waals surface area contributed by atoms with Crippen LogP contribution in [0.2, 0.25) is 0 Å². The summed E-state index contributed by atoms with van der Waals surface area (Å²) in [5.74, 6) is -1.05. The third-order valence-electron chi connectivity index (χ3n) is 7.70. The molecule has 0 bridgehead atoms. The van der Waals surface area contributed by atoms with Crippen LogP contribution >= 0.6 is 11.3 Å². The van der Waals surface area contributed by atoms with Crippen molar-refractivity contribution in [2.24, 2.45) is 17.3 Å². The first-order chi connectivity index (χ1) is 17.6. The minimum atomic E-state index is -1.00. The number of pyridine rings is 2. The normalized spacial score (nSPS) is 24.5. The molecule has 3 aromatic heterocycles. The lowest BCUT2D eigenvalue weighted by Crippen LogP contribution is -2.43. The molecule has 1 N–H and O–H groups in total. The Morgan fingerprint density at radius 3 is 2.70 bits per heavy atom. The second-order valence-corrected chi connectivity index (χ2v) is 11.6. The van der Waals surface area contributed by atoms with Gasteiger partial charge in [-0.05, 0) is 36.5 Å². The maximum atomic E-state index is 14.3. The topological polar surface area (TPSA) is 113 Å².